The van der Waals surface area contributed by atoms with E-state index in [4.69, 9.17) is 11.6 Å². The highest BCUT2D eigenvalue weighted by Gasteiger charge is 2.06. The average molecular weight is 221 g/mol. The molecule has 0 saturated heterocycles. The molecular formula is C9H11ClF2N2. The number of aromatic nitrogens is 1. The van der Waals surface area contributed by atoms with Crippen molar-refractivity contribution in [3.8, 4) is 0 Å². The SMILES string of the molecule is CCC(Cl)CNc1ncc(F)cc1F. The summed E-state index contributed by atoms with van der Waals surface area (Å²) in [6.45, 7) is 2.33. The minimum atomic E-state index is -0.704. The van der Waals surface area contributed by atoms with Crippen molar-refractivity contribution in [2.75, 3.05) is 11.9 Å². The number of pyridine rings is 1. The fourth-order valence-corrected chi connectivity index (χ4v) is 0.974. The fraction of sp³-hybridized carbons (Fsp3) is 0.444. The molecular weight excluding hydrogens is 210 g/mol. The van der Waals surface area contributed by atoms with Gasteiger partial charge in [0.15, 0.2) is 11.6 Å². The smallest absolute Gasteiger partial charge is 0.168 e. The van der Waals surface area contributed by atoms with Gasteiger partial charge in [-0.05, 0) is 6.42 Å². The van der Waals surface area contributed by atoms with Crippen LogP contribution in [-0.2, 0) is 0 Å². The largest absolute Gasteiger partial charge is 0.366 e. The Balaban J connectivity index is 2.59. The van der Waals surface area contributed by atoms with Gasteiger partial charge in [0.05, 0.1) is 11.6 Å². The van der Waals surface area contributed by atoms with Crippen molar-refractivity contribution < 1.29 is 8.78 Å². The van der Waals surface area contributed by atoms with Crippen LogP contribution in [-0.4, -0.2) is 16.9 Å². The Labute approximate surface area is 86.3 Å². The topological polar surface area (TPSA) is 24.9 Å². The zero-order valence-electron chi connectivity index (χ0n) is 7.73. The van der Waals surface area contributed by atoms with E-state index in [1.54, 1.807) is 0 Å². The molecule has 1 rings (SSSR count). The molecule has 1 atom stereocenters. The van der Waals surface area contributed by atoms with Gasteiger partial charge in [-0.1, -0.05) is 6.92 Å². The standard InChI is InChI=1S/C9H11ClF2N2/c1-2-6(10)4-13-9-8(12)3-7(11)5-14-9/h3,5-6H,2,4H2,1H3,(H,13,14). The number of nitrogens with one attached hydrogen (secondary N) is 1. The van der Waals surface area contributed by atoms with E-state index in [0.29, 0.717) is 6.54 Å². The molecule has 2 nitrogen and oxygen atoms in total. The average Bonchev–Trinajstić information content (AvgIpc) is 2.16. The van der Waals surface area contributed by atoms with Gasteiger partial charge in [-0.3, -0.25) is 0 Å². The third-order valence-corrected chi connectivity index (χ3v) is 2.20. The summed E-state index contributed by atoms with van der Waals surface area (Å²) in [7, 11) is 0. The third-order valence-electron chi connectivity index (χ3n) is 1.74. The molecule has 0 aliphatic heterocycles. The number of rotatable bonds is 4. The van der Waals surface area contributed by atoms with Gasteiger partial charge < -0.3 is 5.32 Å². The van der Waals surface area contributed by atoms with Crippen LogP contribution < -0.4 is 5.32 Å². The van der Waals surface area contributed by atoms with Crippen molar-refractivity contribution in [1.29, 1.82) is 0 Å². The second kappa shape index (κ2) is 5.10. The Hall–Kier alpha value is -0.900. The summed E-state index contributed by atoms with van der Waals surface area (Å²) in [5, 5.41) is 2.62. The Morgan fingerprint density at radius 3 is 2.86 bits per heavy atom. The van der Waals surface area contributed by atoms with E-state index < -0.39 is 11.6 Å². The second-order valence-corrected chi connectivity index (χ2v) is 3.49. The molecule has 0 aromatic carbocycles. The van der Waals surface area contributed by atoms with E-state index in [0.717, 1.165) is 18.7 Å². The van der Waals surface area contributed by atoms with E-state index in [-0.39, 0.29) is 11.2 Å². The highest BCUT2D eigenvalue weighted by Crippen LogP contribution is 2.12. The van der Waals surface area contributed by atoms with Crippen LogP contribution in [0.1, 0.15) is 13.3 Å². The van der Waals surface area contributed by atoms with Crippen LogP contribution in [0.2, 0.25) is 0 Å². The summed E-state index contributed by atoms with van der Waals surface area (Å²) in [6.07, 6.45) is 1.73. The molecule has 0 amide bonds. The summed E-state index contributed by atoms with van der Waals surface area (Å²) < 4.78 is 25.5. The molecule has 0 bridgehead atoms. The van der Waals surface area contributed by atoms with Crippen LogP contribution in [0.4, 0.5) is 14.6 Å². The van der Waals surface area contributed by atoms with Gasteiger partial charge >= 0.3 is 0 Å². The van der Waals surface area contributed by atoms with Crippen LogP contribution in [0.25, 0.3) is 0 Å². The Bertz CT molecular complexity index is 307. The Morgan fingerprint density at radius 1 is 1.57 bits per heavy atom. The number of alkyl halides is 1. The van der Waals surface area contributed by atoms with Crippen LogP contribution >= 0.6 is 11.6 Å². The lowest BCUT2D eigenvalue weighted by atomic mass is 10.3. The number of hydrogen-bond acceptors (Lipinski definition) is 2. The van der Waals surface area contributed by atoms with Crippen LogP contribution in [0.3, 0.4) is 0 Å². The number of anilines is 1. The van der Waals surface area contributed by atoms with Gasteiger partial charge in [0, 0.05) is 12.6 Å². The lowest BCUT2D eigenvalue weighted by molar-refractivity contribution is 0.575. The zero-order valence-corrected chi connectivity index (χ0v) is 8.48. The summed E-state index contributed by atoms with van der Waals surface area (Å²) in [6, 6.07) is 0.782. The second-order valence-electron chi connectivity index (χ2n) is 2.87. The van der Waals surface area contributed by atoms with Crippen LogP contribution in [0.15, 0.2) is 12.3 Å². The van der Waals surface area contributed by atoms with E-state index in [9.17, 15) is 8.78 Å². The van der Waals surface area contributed by atoms with E-state index in [1.807, 2.05) is 6.92 Å². The van der Waals surface area contributed by atoms with Gasteiger partial charge in [0.1, 0.15) is 5.82 Å². The maximum Gasteiger partial charge on any atom is 0.168 e. The number of halogens is 3. The molecule has 0 fully saturated rings. The van der Waals surface area contributed by atoms with Gasteiger partial charge in [0.25, 0.3) is 0 Å². The van der Waals surface area contributed by atoms with Crippen molar-refractivity contribution in [1.82, 2.24) is 4.98 Å². The van der Waals surface area contributed by atoms with Crippen molar-refractivity contribution in [3.05, 3.63) is 23.9 Å². The molecule has 1 N–H and O–H groups in total. The van der Waals surface area contributed by atoms with Gasteiger partial charge in [-0.2, -0.15) is 0 Å². The molecule has 1 heterocycles. The van der Waals surface area contributed by atoms with Crippen LogP contribution in [0.5, 0.6) is 0 Å². The molecule has 5 heteroatoms. The van der Waals surface area contributed by atoms with E-state index in [2.05, 4.69) is 10.3 Å². The van der Waals surface area contributed by atoms with Crippen molar-refractivity contribution >= 4 is 17.4 Å². The maximum absolute atomic E-state index is 13.0. The van der Waals surface area contributed by atoms with Gasteiger partial charge in [-0.15, -0.1) is 11.6 Å². The molecule has 0 aliphatic rings. The summed E-state index contributed by atoms with van der Waals surface area (Å²) in [5.74, 6) is -1.36. The van der Waals surface area contributed by atoms with Crippen LogP contribution in [0, 0.1) is 11.6 Å². The third kappa shape index (κ3) is 3.10. The highest BCUT2D eigenvalue weighted by molar-refractivity contribution is 6.20. The first-order chi connectivity index (χ1) is 6.63. The van der Waals surface area contributed by atoms with Crippen molar-refractivity contribution in [3.63, 3.8) is 0 Å². The zero-order chi connectivity index (χ0) is 10.6. The minimum Gasteiger partial charge on any atom is -0.366 e. The first-order valence-electron chi connectivity index (χ1n) is 4.32. The molecule has 0 spiro atoms. The van der Waals surface area contributed by atoms with Gasteiger partial charge in [-0.25, -0.2) is 13.8 Å². The Morgan fingerprint density at radius 2 is 2.29 bits per heavy atom. The minimum absolute atomic E-state index is 0.0329. The normalized spacial score (nSPS) is 12.6. The molecule has 1 aromatic rings. The summed E-state index contributed by atoms with van der Waals surface area (Å²) >= 11 is 5.81. The maximum atomic E-state index is 13.0. The lowest BCUT2D eigenvalue weighted by Gasteiger charge is -2.09. The predicted octanol–water partition coefficient (Wildman–Crippen LogP) is 2.79. The highest BCUT2D eigenvalue weighted by atomic mass is 35.5. The number of hydrogen-bond donors (Lipinski definition) is 1. The quantitative estimate of drug-likeness (QED) is 0.790. The predicted molar refractivity (Wildman–Crippen MR) is 52.6 cm³/mol. The van der Waals surface area contributed by atoms with E-state index >= 15 is 0 Å². The van der Waals surface area contributed by atoms with E-state index in [1.165, 1.54) is 0 Å². The van der Waals surface area contributed by atoms with Gasteiger partial charge in [0.2, 0.25) is 0 Å². The molecule has 1 unspecified atom stereocenters. The number of nitrogens with zero attached hydrogens (tertiary/aromatic N) is 1. The molecule has 0 radical (unpaired) electrons. The summed E-state index contributed by atoms with van der Waals surface area (Å²) in [5.41, 5.74) is 0. The molecule has 0 aliphatic carbocycles. The van der Waals surface area contributed by atoms with Crippen molar-refractivity contribution in [2.45, 2.75) is 18.7 Å². The molecule has 0 saturated carbocycles. The molecule has 1 aromatic heterocycles. The first kappa shape index (κ1) is 11.2. The monoisotopic (exact) mass is 220 g/mol. The molecule has 78 valence electrons. The fourth-order valence-electron chi connectivity index (χ4n) is 0.896. The first-order valence-corrected chi connectivity index (χ1v) is 4.76. The van der Waals surface area contributed by atoms with Crippen molar-refractivity contribution in [2.24, 2.45) is 0 Å². The molecule has 14 heavy (non-hydrogen) atoms. The Kier molecular flexibility index (Phi) is 4.07. The lowest BCUT2D eigenvalue weighted by Crippen LogP contribution is -2.14. The summed E-state index contributed by atoms with van der Waals surface area (Å²) in [4.78, 5) is 3.56.